The summed E-state index contributed by atoms with van der Waals surface area (Å²) in [7, 11) is 1.93. The molecule has 1 aromatic heterocycles. The van der Waals surface area contributed by atoms with Gasteiger partial charge in [-0.2, -0.15) is 0 Å². The highest BCUT2D eigenvalue weighted by Crippen LogP contribution is 2.25. The van der Waals surface area contributed by atoms with Crippen molar-refractivity contribution >= 4 is 17.5 Å². The number of hydrogen-bond acceptors (Lipinski definition) is 6. The van der Waals surface area contributed by atoms with Gasteiger partial charge in [-0.3, -0.25) is 0 Å². The molecular weight excluding hydrogens is 270 g/mol. The zero-order valence-electron chi connectivity index (χ0n) is 12.7. The molecule has 1 aromatic rings. The zero-order valence-corrected chi connectivity index (χ0v) is 12.7. The lowest BCUT2D eigenvalue weighted by atomic mass is 10.0. The first-order valence-electron chi connectivity index (χ1n) is 7.34. The standard InChI is InChI=1S/C15H23N3O3/c1-3-21-15(19)12-6-7-17-14(13(12)16)18(2)9-11-5-4-8-20-10-11/h6-7,11H,3-5,8-10,16H2,1-2H3. The number of pyridine rings is 1. The molecule has 0 saturated carbocycles. The molecule has 116 valence electrons. The van der Waals surface area contributed by atoms with Crippen LogP contribution in [0.2, 0.25) is 0 Å². The molecule has 0 spiro atoms. The second kappa shape index (κ2) is 7.26. The SMILES string of the molecule is CCOC(=O)c1ccnc(N(C)CC2CCCOC2)c1N. The fourth-order valence-electron chi connectivity index (χ4n) is 2.58. The van der Waals surface area contributed by atoms with E-state index in [2.05, 4.69) is 4.98 Å². The van der Waals surface area contributed by atoms with Crippen molar-refractivity contribution in [3.63, 3.8) is 0 Å². The Hall–Kier alpha value is -1.82. The van der Waals surface area contributed by atoms with Crippen molar-refractivity contribution in [3.8, 4) is 0 Å². The molecule has 0 aromatic carbocycles. The molecule has 2 N–H and O–H groups in total. The Kier molecular flexibility index (Phi) is 5.38. The summed E-state index contributed by atoms with van der Waals surface area (Å²) in [5.41, 5.74) is 6.82. The normalized spacial score (nSPS) is 18.3. The van der Waals surface area contributed by atoms with Crippen LogP contribution < -0.4 is 10.6 Å². The van der Waals surface area contributed by atoms with Gasteiger partial charge in [0.2, 0.25) is 0 Å². The van der Waals surface area contributed by atoms with Gasteiger partial charge in [-0.05, 0) is 31.7 Å². The smallest absolute Gasteiger partial charge is 0.340 e. The molecule has 1 fully saturated rings. The van der Waals surface area contributed by atoms with Crippen molar-refractivity contribution in [1.82, 2.24) is 4.98 Å². The Bertz CT molecular complexity index is 487. The number of carbonyl (C=O) groups excluding carboxylic acids is 1. The molecule has 1 atom stereocenters. The number of nitrogen functional groups attached to an aromatic ring is 1. The first-order valence-corrected chi connectivity index (χ1v) is 7.34. The van der Waals surface area contributed by atoms with Crippen LogP contribution >= 0.6 is 0 Å². The van der Waals surface area contributed by atoms with Crippen LogP contribution in [0.3, 0.4) is 0 Å². The topological polar surface area (TPSA) is 77.7 Å². The van der Waals surface area contributed by atoms with Gasteiger partial charge < -0.3 is 20.1 Å². The molecule has 0 aliphatic carbocycles. The maximum absolute atomic E-state index is 11.9. The Labute approximate surface area is 125 Å². The van der Waals surface area contributed by atoms with Crippen LogP contribution in [0.5, 0.6) is 0 Å². The average Bonchev–Trinajstić information content (AvgIpc) is 2.48. The third-order valence-electron chi connectivity index (χ3n) is 3.61. The van der Waals surface area contributed by atoms with E-state index < -0.39 is 5.97 Å². The Morgan fingerprint density at radius 3 is 3.10 bits per heavy atom. The minimum absolute atomic E-state index is 0.325. The van der Waals surface area contributed by atoms with E-state index in [0.717, 1.165) is 32.6 Å². The van der Waals surface area contributed by atoms with Gasteiger partial charge in [-0.25, -0.2) is 9.78 Å². The molecule has 1 aliphatic heterocycles. The predicted molar refractivity (Wildman–Crippen MR) is 81.4 cm³/mol. The molecule has 1 unspecified atom stereocenters. The van der Waals surface area contributed by atoms with Gasteiger partial charge in [0, 0.05) is 26.4 Å². The number of ether oxygens (including phenoxy) is 2. The summed E-state index contributed by atoms with van der Waals surface area (Å²) in [6.45, 7) is 4.51. The lowest BCUT2D eigenvalue weighted by Crippen LogP contribution is -2.32. The van der Waals surface area contributed by atoms with Crippen LogP contribution in [-0.2, 0) is 9.47 Å². The predicted octanol–water partition coefficient (Wildman–Crippen LogP) is 1.70. The third kappa shape index (κ3) is 3.85. The molecule has 21 heavy (non-hydrogen) atoms. The highest BCUT2D eigenvalue weighted by molar-refractivity contribution is 5.97. The number of nitrogens with zero attached hydrogens (tertiary/aromatic N) is 2. The lowest BCUT2D eigenvalue weighted by Gasteiger charge is -2.28. The monoisotopic (exact) mass is 293 g/mol. The summed E-state index contributed by atoms with van der Waals surface area (Å²) >= 11 is 0. The van der Waals surface area contributed by atoms with Gasteiger partial charge >= 0.3 is 5.97 Å². The number of nitrogens with two attached hydrogens (primary N) is 1. The highest BCUT2D eigenvalue weighted by atomic mass is 16.5. The minimum Gasteiger partial charge on any atom is -0.462 e. The van der Waals surface area contributed by atoms with E-state index in [4.69, 9.17) is 15.2 Å². The van der Waals surface area contributed by atoms with Crippen LogP contribution in [0, 0.1) is 5.92 Å². The Balaban J connectivity index is 2.11. The summed E-state index contributed by atoms with van der Waals surface area (Å²) in [6, 6.07) is 1.59. The number of anilines is 2. The Morgan fingerprint density at radius 1 is 1.62 bits per heavy atom. The van der Waals surface area contributed by atoms with Crippen molar-refractivity contribution in [2.45, 2.75) is 19.8 Å². The van der Waals surface area contributed by atoms with Crippen molar-refractivity contribution < 1.29 is 14.3 Å². The zero-order chi connectivity index (χ0) is 15.2. The van der Waals surface area contributed by atoms with Crippen molar-refractivity contribution in [2.75, 3.05) is 44.0 Å². The van der Waals surface area contributed by atoms with Crippen LogP contribution in [0.1, 0.15) is 30.1 Å². The number of esters is 1. The molecule has 1 saturated heterocycles. The third-order valence-corrected chi connectivity index (χ3v) is 3.61. The number of rotatable bonds is 5. The van der Waals surface area contributed by atoms with Crippen LogP contribution in [-0.4, -0.2) is 44.4 Å². The van der Waals surface area contributed by atoms with Gasteiger partial charge in [-0.15, -0.1) is 0 Å². The summed E-state index contributed by atoms with van der Waals surface area (Å²) in [4.78, 5) is 18.1. The highest BCUT2D eigenvalue weighted by Gasteiger charge is 2.20. The van der Waals surface area contributed by atoms with E-state index in [1.807, 2.05) is 11.9 Å². The van der Waals surface area contributed by atoms with E-state index in [1.165, 1.54) is 0 Å². The van der Waals surface area contributed by atoms with Gasteiger partial charge in [0.15, 0.2) is 5.82 Å². The van der Waals surface area contributed by atoms with Gasteiger partial charge in [0.1, 0.15) is 0 Å². The van der Waals surface area contributed by atoms with Gasteiger partial charge in [0.05, 0.1) is 24.5 Å². The van der Waals surface area contributed by atoms with Crippen LogP contribution in [0.25, 0.3) is 0 Å². The average molecular weight is 293 g/mol. The fourth-order valence-corrected chi connectivity index (χ4v) is 2.58. The van der Waals surface area contributed by atoms with Crippen molar-refractivity contribution in [2.24, 2.45) is 5.92 Å². The second-order valence-corrected chi connectivity index (χ2v) is 5.28. The molecular formula is C15H23N3O3. The molecule has 6 heteroatoms. The van der Waals surface area contributed by atoms with Crippen LogP contribution in [0.15, 0.2) is 12.3 Å². The summed E-state index contributed by atoms with van der Waals surface area (Å²) in [6.07, 6.45) is 3.82. The van der Waals surface area contributed by atoms with E-state index >= 15 is 0 Å². The fraction of sp³-hybridized carbons (Fsp3) is 0.600. The summed E-state index contributed by atoms with van der Waals surface area (Å²) in [5, 5.41) is 0. The number of hydrogen-bond donors (Lipinski definition) is 1. The van der Waals surface area contributed by atoms with Gasteiger partial charge in [-0.1, -0.05) is 0 Å². The summed E-state index contributed by atoms with van der Waals surface area (Å²) in [5.74, 6) is 0.676. The molecule has 0 amide bonds. The second-order valence-electron chi connectivity index (χ2n) is 5.28. The van der Waals surface area contributed by atoms with E-state index in [1.54, 1.807) is 19.2 Å². The summed E-state index contributed by atoms with van der Waals surface area (Å²) < 4.78 is 10.5. The first-order chi connectivity index (χ1) is 10.1. The van der Waals surface area contributed by atoms with E-state index in [-0.39, 0.29) is 0 Å². The molecule has 0 radical (unpaired) electrons. The molecule has 2 heterocycles. The first kappa shape index (κ1) is 15.6. The van der Waals surface area contributed by atoms with Crippen molar-refractivity contribution in [1.29, 1.82) is 0 Å². The largest absolute Gasteiger partial charge is 0.462 e. The van der Waals surface area contributed by atoms with Gasteiger partial charge in [0.25, 0.3) is 0 Å². The van der Waals surface area contributed by atoms with E-state index in [9.17, 15) is 4.79 Å². The van der Waals surface area contributed by atoms with Crippen LogP contribution in [0.4, 0.5) is 11.5 Å². The quantitative estimate of drug-likeness (QED) is 0.833. The maximum atomic E-state index is 11.9. The maximum Gasteiger partial charge on any atom is 0.340 e. The number of carbonyl (C=O) groups is 1. The molecule has 2 rings (SSSR count). The molecule has 1 aliphatic rings. The molecule has 0 bridgehead atoms. The molecule has 6 nitrogen and oxygen atoms in total. The minimum atomic E-state index is -0.409. The number of aromatic nitrogens is 1. The van der Waals surface area contributed by atoms with E-state index in [0.29, 0.717) is 29.6 Å². The van der Waals surface area contributed by atoms with Crippen molar-refractivity contribution in [3.05, 3.63) is 17.8 Å². The Morgan fingerprint density at radius 2 is 2.43 bits per heavy atom. The lowest BCUT2D eigenvalue weighted by molar-refractivity contribution is 0.0527.